The molecule has 0 fully saturated rings. The van der Waals surface area contributed by atoms with Gasteiger partial charge in [-0.1, -0.05) is 47.6 Å². The predicted molar refractivity (Wildman–Crippen MR) is 156 cm³/mol. The Kier molecular flexibility index (Phi) is 9.60. The second-order valence-corrected chi connectivity index (χ2v) is 22.9. The van der Waals surface area contributed by atoms with E-state index in [2.05, 4.69) is 67.7 Å². The highest BCUT2D eigenvalue weighted by molar-refractivity contribution is 6.75. The molecule has 8 heteroatoms. The van der Waals surface area contributed by atoms with Crippen molar-refractivity contribution in [3.8, 4) is 11.5 Å². The van der Waals surface area contributed by atoms with Crippen LogP contribution in [0.1, 0.15) is 81.9 Å². The van der Waals surface area contributed by atoms with Gasteiger partial charge in [-0.3, -0.25) is 0 Å². The first-order chi connectivity index (χ1) is 16.7. The number of benzene rings is 1. The van der Waals surface area contributed by atoms with Crippen molar-refractivity contribution in [1.29, 1.82) is 0 Å². The number of carbonyl (C=O) groups is 1. The highest BCUT2D eigenvalue weighted by atomic mass is 28.4. The molecular formula is C29H50O6Si2. The largest absolute Gasteiger partial charge is 0.543 e. The maximum absolute atomic E-state index is 12.9. The van der Waals surface area contributed by atoms with Gasteiger partial charge >= 0.3 is 5.97 Å². The average molecular weight is 551 g/mol. The van der Waals surface area contributed by atoms with E-state index < -0.39 is 22.7 Å². The molecule has 0 amide bonds. The van der Waals surface area contributed by atoms with Crippen LogP contribution in [-0.2, 0) is 22.2 Å². The van der Waals surface area contributed by atoms with Crippen LogP contribution in [-0.4, -0.2) is 47.5 Å². The van der Waals surface area contributed by atoms with E-state index in [4.69, 9.17) is 18.3 Å². The molecule has 0 bridgehead atoms. The summed E-state index contributed by atoms with van der Waals surface area (Å²) in [6.07, 6.45) is 2.31. The maximum Gasteiger partial charge on any atom is 0.342 e. The van der Waals surface area contributed by atoms with Crippen molar-refractivity contribution >= 4 is 22.6 Å². The lowest BCUT2D eigenvalue weighted by Gasteiger charge is -2.38. The number of aliphatic hydroxyl groups is 1. The number of cyclic esters (lactones) is 1. The summed E-state index contributed by atoms with van der Waals surface area (Å²) in [5.74, 6) is 0.791. The zero-order valence-corrected chi connectivity index (χ0v) is 27.5. The molecule has 1 atom stereocenters. The number of aliphatic hydroxyl groups excluding tert-OH is 1. The van der Waals surface area contributed by atoms with Crippen LogP contribution in [0.25, 0.3) is 0 Å². The van der Waals surface area contributed by atoms with Crippen molar-refractivity contribution in [2.24, 2.45) is 0 Å². The SMILES string of the molecule is COc1c(C)c2c(c(O[Si](C)(C)C(C)(C)C)c1CC(O)/C(C)=C/CCO[Si](C)(C)C(C)(C)C)C(=O)OC2. The van der Waals surface area contributed by atoms with Crippen LogP contribution in [0.5, 0.6) is 11.5 Å². The van der Waals surface area contributed by atoms with Gasteiger partial charge in [0.05, 0.1) is 13.2 Å². The zero-order chi connectivity index (χ0) is 28.6. The van der Waals surface area contributed by atoms with Crippen LogP contribution in [0.2, 0.25) is 36.3 Å². The first-order valence-electron chi connectivity index (χ1n) is 13.3. The lowest BCUT2D eigenvalue weighted by atomic mass is 9.92. The van der Waals surface area contributed by atoms with Gasteiger partial charge in [0.25, 0.3) is 8.32 Å². The Morgan fingerprint density at radius 2 is 1.62 bits per heavy atom. The Morgan fingerprint density at radius 3 is 2.14 bits per heavy atom. The van der Waals surface area contributed by atoms with E-state index in [0.29, 0.717) is 23.7 Å². The molecule has 1 aromatic rings. The summed E-state index contributed by atoms with van der Waals surface area (Å²) in [7, 11) is -2.50. The van der Waals surface area contributed by atoms with Gasteiger partial charge in [-0.25, -0.2) is 4.79 Å². The van der Waals surface area contributed by atoms with Crippen molar-refractivity contribution in [1.82, 2.24) is 0 Å². The normalized spacial score (nSPS) is 15.9. The van der Waals surface area contributed by atoms with E-state index in [9.17, 15) is 9.90 Å². The highest BCUT2D eigenvalue weighted by Gasteiger charge is 2.43. The molecule has 210 valence electrons. The van der Waals surface area contributed by atoms with E-state index in [1.807, 2.05) is 19.9 Å². The first kappa shape index (κ1) is 31.6. The number of esters is 1. The van der Waals surface area contributed by atoms with Gasteiger partial charge in [0, 0.05) is 24.2 Å². The Morgan fingerprint density at radius 1 is 1.05 bits per heavy atom. The smallest absolute Gasteiger partial charge is 0.342 e. The third-order valence-corrected chi connectivity index (χ3v) is 17.4. The molecule has 1 aliphatic heterocycles. The van der Waals surface area contributed by atoms with E-state index in [-0.39, 0.29) is 29.1 Å². The molecule has 0 saturated carbocycles. The quantitative estimate of drug-likeness (QED) is 0.142. The van der Waals surface area contributed by atoms with Crippen LogP contribution in [0.3, 0.4) is 0 Å². The Balaban J connectivity index is 2.41. The third-order valence-electron chi connectivity index (χ3n) is 8.57. The number of rotatable bonds is 10. The average Bonchev–Trinajstić information content (AvgIpc) is 3.14. The van der Waals surface area contributed by atoms with Crippen LogP contribution in [0, 0.1) is 6.92 Å². The van der Waals surface area contributed by atoms with E-state index >= 15 is 0 Å². The Hall–Kier alpha value is -1.62. The fourth-order valence-corrected chi connectivity index (χ4v) is 5.94. The van der Waals surface area contributed by atoms with Crippen LogP contribution < -0.4 is 9.16 Å². The lowest BCUT2D eigenvalue weighted by Crippen LogP contribution is -2.44. The van der Waals surface area contributed by atoms with Gasteiger partial charge in [0.1, 0.15) is 23.7 Å². The minimum absolute atomic E-state index is 0.0731. The van der Waals surface area contributed by atoms with Gasteiger partial charge < -0.3 is 23.4 Å². The second-order valence-electron chi connectivity index (χ2n) is 13.3. The lowest BCUT2D eigenvalue weighted by molar-refractivity contribution is 0.0533. The molecule has 0 aliphatic carbocycles. The molecule has 1 heterocycles. The highest BCUT2D eigenvalue weighted by Crippen LogP contribution is 2.47. The summed E-state index contributed by atoms with van der Waals surface area (Å²) in [6, 6.07) is 0. The number of hydrogen-bond donors (Lipinski definition) is 1. The number of hydrogen-bond acceptors (Lipinski definition) is 6. The molecule has 6 nitrogen and oxygen atoms in total. The number of fused-ring (bicyclic) bond motifs is 1. The summed E-state index contributed by atoms with van der Waals surface area (Å²) in [6.45, 7) is 26.7. The first-order valence-corrected chi connectivity index (χ1v) is 19.1. The topological polar surface area (TPSA) is 74.2 Å². The molecule has 1 unspecified atom stereocenters. The number of ether oxygens (including phenoxy) is 2. The monoisotopic (exact) mass is 550 g/mol. The fourth-order valence-electron chi connectivity index (χ4n) is 3.84. The summed E-state index contributed by atoms with van der Waals surface area (Å²) in [4.78, 5) is 12.9. The predicted octanol–water partition coefficient (Wildman–Crippen LogP) is 7.32. The Bertz CT molecular complexity index is 1030. The third kappa shape index (κ3) is 6.88. The summed E-state index contributed by atoms with van der Waals surface area (Å²) in [5, 5.41) is 11.3. The summed E-state index contributed by atoms with van der Waals surface area (Å²) >= 11 is 0. The molecule has 0 aromatic heterocycles. The maximum atomic E-state index is 12.9. The molecule has 0 spiro atoms. The Labute approximate surface area is 227 Å². The fraction of sp³-hybridized carbons (Fsp3) is 0.690. The van der Waals surface area contributed by atoms with Crippen molar-refractivity contribution < 1.29 is 28.2 Å². The van der Waals surface area contributed by atoms with Crippen LogP contribution in [0.15, 0.2) is 11.6 Å². The van der Waals surface area contributed by atoms with Crippen molar-refractivity contribution in [3.63, 3.8) is 0 Å². The van der Waals surface area contributed by atoms with E-state index in [0.717, 1.165) is 28.7 Å². The standard InChI is InChI=1S/C29H50O6Si2/c1-19(15-14-16-34-36(10,11)28(3,4)5)23(30)17-21-25(32-9)20(2)22-18-33-27(31)24(22)26(21)35-37(12,13)29(6,7)8/h15,23,30H,14,16-18H2,1-13H3/b19-15+. The van der Waals surface area contributed by atoms with Gasteiger partial charge in [-0.2, -0.15) is 0 Å². The van der Waals surface area contributed by atoms with Gasteiger partial charge in [-0.05, 0) is 67.7 Å². The molecule has 0 radical (unpaired) electrons. The molecule has 2 rings (SSSR count). The zero-order valence-electron chi connectivity index (χ0n) is 25.5. The molecule has 1 aliphatic rings. The molecule has 1 N–H and O–H groups in total. The minimum atomic E-state index is -2.31. The second kappa shape index (κ2) is 11.2. The van der Waals surface area contributed by atoms with E-state index in [1.54, 1.807) is 7.11 Å². The minimum Gasteiger partial charge on any atom is -0.543 e. The van der Waals surface area contributed by atoms with Crippen LogP contribution >= 0.6 is 0 Å². The molecule has 37 heavy (non-hydrogen) atoms. The van der Waals surface area contributed by atoms with Crippen LogP contribution in [0.4, 0.5) is 0 Å². The molecular weight excluding hydrogens is 500 g/mol. The summed E-state index contributed by atoms with van der Waals surface area (Å²) in [5.41, 5.74) is 3.73. The summed E-state index contributed by atoms with van der Waals surface area (Å²) < 4.78 is 24.3. The van der Waals surface area contributed by atoms with E-state index in [1.165, 1.54) is 0 Å². The molecule has 0 saturated heterocycles. The van der Waals surface area contributed by atoms with Gasteiger partial charge in [-0.15, -0.1) is 0 Å². The van der Waals surface area contributed by atoms with Crippen molar-refractivity contribution in [2.75, 3.05) is 13.7 Å². The van der Waals surface area contributed by atoms with Gasteiger partial charge in [0.2, 0.25) is 0 Å². The number of carbonyl (C=O) groups excluding carboxylic acids is 1. The van der Waals surface area contributed by atoms with Gasteiger partial charge in [0.15, 0.2) is 8.32 Å². The number of methoxy groups -OCH3 is 1. The van der Waals surface area contributed by atoms with Crippen molar-refractivity contribution in [3.05, 3.63) is 33.9 Å². The molecule has 1 aromatic carbocycles. The van der Waals surface area contributed by atoms with Crippen molar-refractivity contribution in [2.45, 2.75) is 117 Å².